The lowest BCUT2D eigenvalue weighted by atomic mass is 9.82. The first-order chi connectivity index (χ1) is 9.31. The van der Waals surface area contributed by atoms with Gasteiger partial charge in [-0.2, -0.15) is 5.10 Å². The van der Waals surface area contributed by atoms with Crippen LogP contribution in [0.5, 0.6) is 0 Å². The maximum absolute atomic E-state index is 9.24. The highest BCUT2D eigenvalue weighted by atomic mass is 16.3. The van der Waals surface area contributed by atoms with Crippen molar-refractivity contribution < 1.29 is 5.11 Å². The summed E-state index contributed by atoms with van der Waals surface area (Å²) >= 11 is 0. The summed E-state index contributed by atoms with van der Waals surface area (Å²) in [5.41, 5.74) is 1.14. The predicted octanol–water partition coefficient (Wildman–Crippen LogP) is 2.25. The first kappa shape index (κ1) is 13.1. The zero-order valence-electron chi connectivity index (χ0n) is 11.6. The Morgan fingerprint density at radius 2 is 2.05 bits per heavy atom. The van der Waals surface area contributed by atoms with Gasteiger partial charge in [0.05, 0.1) is 17.8 Å². The molecule has 19 heavy (non-hydrogen) atoms. The van der Waals surface area contributed by atoms with E-state index in [0.29, 0.717) is 12.0 Å². The Bertz CT molecular complexity index is 392. The van der Waals surface area contributed by atoms with Crippen molar-refractivity contribution in [1.29, 1.82) is 0 Å². The van der Waals surface area contributed by atoms with Crippen molar-refractivity contribution >= 4 is 0 Å². The first-order valence-electron chi connectivity index (χ1n) is 7.74. The van der Waals surface area contributed by atoms with Gasteiger partial charge >= 0.3 is 0 Å². The zero-order chi connectivity index (χ0) is 13.1. The van der Waals surface area contributed by atoms with Crippen LogP contribution in [0.3, 0.4) is 0 Å². The minimum absolute atomic E-state index is 0.0442. The van der Waals surface area contributed by atoms with E-state index in [1.54, 1.807) is 0 Å². The van der Waals surface area contributed by atoms with E-state index in [1.165, 1.54) is 32.1 Å². The van der Waals surface area contributed by atoms with Crippen LogP contribution in [0.25, 0.3) is 0 Å². The number of aromatic nitrogens is 2. The van der Waals surface area contributed by atoms with Crippen molar-refractivity contribution in [2.24, 2.45) is 5.92 Å². The van der Waals surface area contributed by atoms with Gasteiger partial charge < -0.3 is 10.4 Å². The molecule has 0 aromatic carbocycles. The molecule has 1 aromatic heterocycles. The topological polar surface area (TPSA) is 50.1 Å². The number of rotatable bonds is 5. The molecule has 0 radical (unpaired) electrons. The number of hydrogen-bond acceptors (Lipinski definition) is 3. The van der Waals surface area contributed by atoms with Crippen LogP contribution in [0.15, 0.2) is 12.3 Å². The van der Waals surface area contributed by atoms with Crippen LogP contribution < -0.4 is 5.32 Å². The molecule has 2 aliphatic rings. The third-order valence-electron chi connectivity index (χ3n) is 4.56. The summed E-state index contributed by atoms with van der Waals surface area (Å²) in [7, 11) is 0. The number of nitrogens with zero attached hydrogens (tertiary/aromatic N) is 2. The maximum Gasteiger partial charge on any atom is 0.0762 e. The SMILES string of the molecule is OC1CC(CNCc2ccn(C3CCCCC3)n2)C1. The number of aliphatic hydroxyl groups is 1. The lowest BCUT2D eigenvalue weighted by Gasteiger charge is -2.31. The van der Waals surface area contributed by atoms with Gasteiger partial charge in [-0.25, -0.2) is 0 Å². The van der Waals surface area contributed by atoms with E-state index in [0.717, 1.165) is 31.6 Å². The van der Waals surface area contributed by atoms with E-state index in [-0.39, 0.29) is 6.10 Å². The van der Waals surface area contributed by atoms with Gasteiger partial charge in [-0.3, -0.25) is 4.68 Å². The average molecular weight is 263 g/mol. The molecule has 2 fully saturated rings. The van der Waals surface area contributed by atoms with Crippen molar-refractivity contribution in [3.05, 3.63) is 18.0 Å². The van der Waals surface area contributed by atoms with Crippen molar-refractivity contribution in [2.45, 2.75) is 63.6 Å². The molecular weight excluding hydrogens is 238 g/mol. The highest BCUT2D eigenvalue weighted by molar-refractivity contribution is 5.00. The molecule has 0 unspecified atom stereocenters. The Morgan fingerprint density at radius 1 is 1.26 bits per heavy atom. The Labute approximate surface area is 115 Å². The molecule has 4 heteroatoms. The summed E-state index contributed by atoms with van der Waals surface area (Å²) in [5.74, 6) is 0.662. The van der Waals surface area contributed by atoms with Crippen molar-refractivity contribution in [2.75, 3.05) is 6.54 Å². The Morgan fingerprint density at radius 3 is 2.79 bits per heavy atom. The normalized spacial score (nSPS) is 28.3. The fourth-order valence-electron chi connectivity index (χ4n) is 3.29. The van der Waals surface area contributed by atoms with Gasteiger partial charge in [-0.1, -0.05) is 19.3 Å². The van der Waals surface area contributed by atoms with Gasteiger partial charge in [0.1, 0.15) is 0 Å². The van der Waals surface area contributed by atoms with Crippen molar-refractivity contribution in [3.63, 3.8) is 0 Å². The highest BCUT2D eigenvalue weighted by Gasteiger charge is 2.26. The second kappa shape index (κ2) is 6.06. The largest absolute Gasteiger partial charge is 0.393 e. The molecule has 1 aromatic rings. The van der Waals surface area contributed by atoms with Crippen LogP contribution >= 0.6 is 0 Å². The fourth-order valence-corrected chi connectivity index (χ4v) is 3.29. The molecule has 2 saturated carbocycles. The molecule has 3 rings (SSSR count). The van der Waals surface area contributed by atoms with Crippen LogP contribution in [-0.4, -0.2) is 27.5 Å². The van der Waals surface area contributed by atoms with Crippen molar-refractivity contribution in [3.8, 4) is 0 Å². The smallest absolute Gasteiger partial charge is 0.0762 e. The lowest BCUT2D eigenvalue weighted by Crippen LogP contribution is -2.35. The third-order valence-corrected chi connectivity index (χ3v) is 4.56. The molecule has 2 N–H and O–H groups in total. The van der Waals surface area contributed by atoms with E-state index in [2.05, 4.69) is 22.3 Å². The van der Waals surface area contributed by atoms with Gasteiger partial charge in [0.2, 0.25) is 0 Å². The monoisotopic (exact) mass is 263 g/mol. The maximum atomic E-state index is 9.24. The quantitative estimate of drug-likeness (QED) is 0.856. The van der Waals surface area contributed by atoms with Gasteiger partial charge in [0.25, 0.3) is 0 Å². The van der Waals surface area contributed by atoms with E-state index >= 15 is 0 Å². The molecule has 0 saturated heterocycles. The molecule has 0 bridgehead atoms. The second-order valence-corrected chi connectivity index (χ2v) is 6.20. The molecule has 1 heterocycles. The summed E-state index contributed by atoms with van der Waals surface area (Å²) in [5, 5.41) is 17.4. The first-order valence-corrected chi connectivity index (χ1v) is 7.74. The molecular formula is C15H25N3O. The molecule has 0 spiro atoms. The highest BCUT2D eigenvalue weighted by Crippen LogP contribution is 2.28. The summed E-state index contributed by atoms with van der Waals surface area (Å²) in [6.45, 7) is 1.86. The number of nitrogens with one attached hydrogen (secondary N) is 1. The Hall–Kier alpha value is -0.870. The van der Waals surface area contributed by atoms with E-state index in [4.69, 9.17) is 5.10 Å². The van der Waals surface area contributed by atoms with Crippen LogP contribution in [0, 0.1) is 5.92 Å². The minimum atomic E-state index is -0.0442. The molecule has 106 valence electrons. The molecule has 0 aliphatic heterocycles. The summed E-state index contributed by atoms with van der Waals surface area (Å²) in [6, 6.07) is 2.77. The van der Waals surface area contributed by atoms with Gasteiger partial charge in [0, 0.05) is 12.7 Å². The van der Waals surface area contributed by atoms with Gasteiger partial charge in [0.15, 0.2) is 0 Å². The summed E-state index contributed by atoms with van der Waals surface area (Å²) in [4.78, 5) is 0. The van der Waals surface area contributed by atoms with Gasteiger partial charge in [-0.05, 0) is 44.2 Å². The number of hydrogen-bond donors (Lipinski definition) is 2. The molecule has 4 nitrogen and oxygen atoms in total. The summed E-state index contributed by atoms with van der Waals surface area (Å²) in [6.07, 6.45) is 10.7. The number of aliphatic hydroxyl groups excluding tert-OH is 1. The van der Waals surface area contributed by atoms with Gasteiger partial charge in [-0.15, -0.1) is 0 Å². The fraction of sp³-hybridized carbons (Fsp3) is 0.800. The average Bonchev–Trinajstić information content (AvgIpc) is 2.86. The minimum Gasteiger partial charge on any atom is -0.393 e. The van der Waals surface area contributed by atoms with E-state index in [9.17, 15) is 5.11 Å². The van der Waals surface area contributed by atoms with Crippen LogP contribution in [0.2, 0.25) is 0 Å². The lowest BCUT2D eigenvalue weighted by molar-refractivity contribution is 0.0429. The second-order valence-electron chi connectivity index (χ2n) is 6.20. The van der Waals surface area contributed by atoms with Crippen LogP contribution in [0.4, 0.5) is 0 Å². The summed E-state index contributed by atoms with van der Waals surface area (Å²) < 4.78 is 2.17. The predicted molar refractivity (Wildman–Crippen MR) is 74.8 cm³/mol. The van der Waals surface area contributed by atoms with E-state index in [1.807, 2.05) is 0 Å². The standard InChI is InChI=1S/C15H25N3O/c19-15-8-12(9-15)10-16-11-13-6-7-18(17-13)14-4-2-1-3-5-14/h6-7,12,14-16,19H,1-5,8-11H2. The molecule has 2 aliphatic carbocycles. The zero-order valence-corrected chi connectivity index (χ0v) is 11.6. The Kier molecular flexibility index (Phi) is 4.18. The van der Waals surface area contributed by atoms with E-state index < -0.39 is 0 Å². The molecule has 0 amide bonds. The third kappa shape index (κ3) is 3.37. The molecule has 0 atom stereocenters. The van der Waals surface area contributed by atoms with Crippen molar-refractivity contribution in [1.82, 2.24) is 15.1 Å². The van der Waals surface area contributed by atoms with Crippen LogP contribution in [-0.2, 0) is 6.54 Å². The Balaban J connectivity index is 1.42. The van der Waals surface area contributed by atoms with Crippen LogP contribution in [0.1, 0.15) is 56.7 Å².